The van der Waals surface area contributed by atoms with Crippen LogP contribution in [0.3, 0.4) is 0 Å². The summed E-state index contributed by atoms with van der Waals surface area (Å²) in [6.07, 6.45) is 9.67. The first-order chi connectivity index (χ1) is 8.29. The first-order valence-corrected chi connectivity index (χ1v) is 7.44. The van der Waals surface area contributed by atoms with Gasteiger partial charge in [-0.05, 0) is 58.3 Å². The van der Waals surface area contributed by atoms with E-state index < -0.39 is 5.60 Å². The Labute approximate surface area is 106 Å². The molecule has 2 N–H and O–H groups in total. The van der Waals surface area contributed by atoms with Gasteiger partial charge in [0.1, 0.15) is 0 Å². The van der Waals surface area contributed by atoms with Crippen LogP contribution >= 0.6 is 0 Å². The summed E-state index contributed by atoms with van der Waals surface area (Å²) < 4.78 is 0. The van der Waals surface area contributed by atoms with Gasteiger partial charge in [-0.1, -0.05) is 19.3 Å². The fourth-order valence-corrected chi connectivity index (χ4v) is 3.14. The van der Waals surface area contributed by atoms with Gasteiger partial charge in [-0.2, -0.15) is 0 Å². The van der Waals surface area contributed by atoms with Crippen molar-refractivity contribution in [1.29, 1.82) is 0 Å². The zero-order valence-corrected chi connectivity index (χ0v) is 11.1. The summed E-state index contributed by atoms with van der Waals surface area (Å²) in [5.41, 5.74) is -0.397. The summed E-state index contributed by atoms with van der Waals surface area (Å²) in [6, 6.07) is 0. The van der Waals surface area contributed by atoms with Crippen LogP contribution in [0.2, 0.25) is 0 Å². The maximum atomic E-state index is 10.3. The number of nitrogens with one attached hydrogen (secondary N) is 1. The summed E-state index contributed by atoms with van der Waals surface area (Å²) >= 11 is 0. The minimum Gasteiger partial charge on any atom is -0.389 e. The maximum Gasteiger partial charge on any atom is 0.0771 e. The minimum atomic E-state index is -0.397. The van der Waals surface area contributed by atoms with Crippen LogP contribution in [0.4, 0.5) is 0 Å². The van der Waals surface area contributed by atoms with E-state index in [1.807, 2.05) is 0 Å². The quantitative estimate of drug-likeness (QED) is 0.694. The Hall–Kier alpha value is -0.120. The second-order valence-corrected chi connectivity index (χ2v) is 5.86. The highest BCUT2D eigenvalue weighted by Crippen LogP contribution is 2.27. The number of nitrogens with zero attached hydrogens (tertiary/aromatic N) is 1. The van der Waals surface area contributed by atoms with Crippen LogP contribution in [0.15, 0.2) is 0 Å². The molecule has 100 valence electrons. The molecular formula is C14H28N2O. The van der Waals surface area contributed by atoms with E-state index in [9.17, 15) is 5.11 Å². The molecule has 0 bridgehead atoms. The zero-order chi connectivity index (χ0) is 12.0. The van der Waals surface area contributed by atoms with Crippen molar-refractivity contribution in [2.24, 2.45) is 0 Å². The fraction of sp³-hybridized carbons (Fsp3) is 1.00. The average molecular weight is 240 g/mol. The summed E-state index contributed by atoms with van der Waals surface area (Å²) in [7, 11) is 0. The highest BCUT2D eigenvalue weighted by molar-refractivity contribution is 4.84. The van der Waals surface area contributed by atoms with E-state index in [1.165, 1.54) is 58.2 Å². The molecule has 0 amide bonds. The normalized spacial score (nSPS) is 25.2. The van der Waals surface area contributed by atoms with Crippen LogP contribution in [0.1, 0.15) is 51.4 Å². The molecule has 1 saturated heterocycles. The van der Waals surface area contributed by atoms with Crippen LogP contribution < -0.4 is 5.32 Å². The number of rotatable bonds is 6. The third kappa shape index (κ3) is 4.57. The molecule has 1 aliphatic carbocycles. The van der Waals surface area contributed by atoms with Crippen molar-refractivity contribution in [3.8, 4) is 0 Å². The van der Waals surface area contributed by atoms with E-state index in [4.69, 9.17) is 0 Å². The summed E-state index contributed by atoms with van der Waals surface area (Å²) in [4.78, 5) is 2.55. The monoisotopic (exact) mass is 240 g/mol. The average Bonchev–Trinajstić information content (AvgIpc) is 2.82. The third-order valence-corrected chi connectivity index (χ3v) is 4.26. The molecule has 0 atom stereocenters. The predicted molar refractivity (Wildman–Crippen MR) is 71.2 cm³/mol. The van der Waals surface area contributed by atoms with Crippen molar-refractivity contribution in [3.05, 3.63) is 0 Å². The van der Waals surface area contributed by atoms with Crippen LogP contribution in [-0.2, 0) is 0 Å². The molecule has 2 rings (SSSR count). The van der Waals surface area contributed by atoms with Gasteiger partial charge in [0.25, 0.3) is 0 Å². The van der Waals surface area contributed by atoms with Crippen molar-refractivity contribution < 1.29 is 5.11 Å². The highest BCUT2D eigenvalue weighted by atomic mass is 16.3. The molecule has 2 aliphatic rings. The van der Waals surface area contributed by atoms with E-state index in [2.05, 4.69) is 10.2 Å². The van der Waals surface area contributed by atoms with Crippen molar-refractivity contribution in [2.45, 2.75) is 57.0 Å². The Balaban J connectivity index is 1.50. The molecule has 0 radical (unpaired) electrons. The molecule has 2 fully saturated rings. The van der Waals surface area contributed by atoms with Crippen LogP contribution in [0.5, 0.6) is 0 Å². The van der Waals surface area contributed by atoms with Gasteiger partial charge < -0.3 is 15.3 Å². The molecule has 0 aromatic rings. The van der Waals surface area contributed by atoms with E-state index in [0.29, 0.717) is 0 Å². The Kier molecular flexibility index (Phi) is 5.26. The van der Waals surface area contributed by atoms with Gasteiger partial charge in [0.2, 0.25) is 0 Å². The molecule has 0 aromatic heterocycles. The molecule has 0 aromatic carbocycles. The molecule has 17 heavy (non-hydrogen) atoms. The van der Waals surface area contributed by atoms with Gasteiger partial charge in [0, 0.05) is 6.54 Å². The third-order valence-electron chi connectivity index (χ3n) is 4.26. The zero-order valence-electron chi connectivity index (χ0n) is 11.1. The van der Waals surface area contributed by atoms with E-state index >= 15 is 0 Å². The Bertz CT molecular complexity index is 208. The lowest BCUT2D eigenvalue weighted by atomic mass is 9.85. The second kappa shape index (κ2) is 6.72. The molecule has 1 heterocycles. The maximum absolute atomic E-state index is 10.3. The van der Waals surface area contributed by atoms with Crippen molar-refractivity contribution in [1.82, 2.24) is 10.2 Å². The van der Waals surface area contributed by atoms with Crippen molar-refractivity contribution in [3.63, 3.8) is 0 Å². The largest absolute Gasteiger partial charge is 0.389 e. The first-order valence-electron chi connectivity index (χ1n) is 7.44. The molecule has 0 spiro atoms. The molecule has 3 heteroatoms. The molecule has 3 nitrogen and oxygen atoms in total. The summed E-state index contributed by atoms with van der Waals surface area (Å²) in [5, 5.41) is 13.8. The molecule has 1 aliphatic heterocycles. The summed E-state index contributed by atoms with van der Waals surface area (Å²) in [5.74, 6) is 0. The molecular weight excluding hydrogens is 212 g/mol. The molecule has 1 saturated carbocycles. The number of hydrogen-bond acceptors (Lipinski definition) is 3. The number of hydrogen-bond donors (Lipinski definition) is 2. The first kappa shape index (κ1) is 13.3. The van der Waals surface area contributed by atoms with Gasteiger partial charge in [0.05, 0.1) is 5.60 Å². The van der Waals surface area contributed by atoms with E-state index in [-0.39, 0.29) is 0 Å². The van der Waals surface area contributed by atoms with Crippen molar-refractivity contribution >= 4 is 0 Å². The lowest BCUT2D eigenvalue weighted by Crippen LogP contribution is -2.42. The SMILES string of the molecule is OC1(CNCCCN2CCCC2)CCCCC1. The van der Waals surface area contributed by atoms with Crippen LogP contribution in [0, 0.1) is 0 Å². The number of likely N-dealkylation sites (tertiary alicyclic amines) is 1. The predicted octanol–water partition coefficient (Wildman–Crippen LogP) is 1.76. The minimum absolute atomic E-state index is 0.397. The van der Waals surface area contributed by atoms with Gasteiger partial charge in [-0.3, -0.25) is 0 Å². The van der Waals surface area contributed by atoms with Crippen molar-refractivity contribution in [2.75, 3.05) is 32.7 Å². The number of aliphatic hydroxyl groups is 1. The fourth-order valence-electron chi connectivity index (χ4n) is 3.14. The van der Waals surface area contributed by atoms with E-state index in [0.717, 1.165) is 25.9 Å². The Morgan fingerprint density at radius 2 is 1.71 bits per heavy atom. The molecule has 0 unspecified atom stereocenters. The van der Waals surface area contributed by atoms with Gasteiger partial charge >= 0.3 is 0 Å². The lowest BCUT2D eigenvalue weighted by molar-refractivity contribution is 0.00497. The second-order valence-electron chi connectivity index (χ2n) is 5.86. The summed E-state index contributed by atoms with van der Waals surface area (Å²) in [6.45, 7) is 5.67. The van der Waals surface area contributed by atoms with Crippen LogP contribution in [0.25, 0.3) is 0 Å². The lowest BCUT2D eigenvalue weighted by Gasteiger charge is -2.32. The standard InChI is InChI=1S/C14H28N2O/c17-14(7-2-1-3-8-14)13-15-9-6-12-16-10-4-5-11-16/h15,17H,1-13H2. The Morgan fingerprint density at radius 1 is 1.00 bits per heavy atom. The van der Waals surface area contributed by atoms with Gasteiger partial charge in [-0.15, -0.1) is 0 Å². The highest BCUT2D eigenvalue weighted by Gasteiger charge is 2.28. The Morgan fingerprint density at radius 3 is 2.41 bits per heavy atom. The smallest absolute Gasteiger partial charge is 0.0771 e. The topological polar surface area (TPSA) is 35.5 Å². The van der Waals surface area contributed by atoms with Gasteiger partial charge in [-0.25, -0.2) is 0 Å². The van der Waals surface area contributed by atoms with E-state index in [1.54, 1.807) is 0 Å². The van der Waals surface area contributed by atoms with Crippen LogP contribution in [-0.4, -0.2) is 48.3 Å². The van der Waals surface area contributed by atoms with Gasteiger partial charge in [0.15, 0.2) is 0 Å².